The van der Waals surface area contributed by atoms with Crippen molar-refractivity contribution in [2.24, 2.45) is 13.0 Å². The van der Waals surface area contributed by atoms with Gasteiger partial charge in [-0.2, -0.15) is 0 Å². The summed E-state index contributed by atoms with van der Waals surface area (Å²) in [5.41, 5.74) is -0.836. The maximum absolute atomic E-state index is 13.7. The van der Waals surface area contributed by atoms with Crippen LogP contribution in [0.3, 0.4) is 0 Å². The molecule has 1 saturated heterocycles. The van der Waals surface area contributed by atoms with Gasteiger partial charge in [0.25, 0.3) is 11.5 Å². The first-order chi connectivity index (χ1) is 16.6. The molecular formula is C24H27N5O5S. The van der Waals surface area contributed by atoms with E-state index in [4.69, 9.17) is 4.84 Å². The number of β-amino-alcohol motifs (C(OH)–C–C–N with tert-alkyl or cyclic N) is 1. The molecule has 4 heterocycles. The highest BCUT2D eigenvalue weighted by Crippen LogP contribution is 2.27. The zero-order chi connectivity index (χ0) is 25.1. The summed E-state index contributed by atoms with van der Waals surface area (Å²) in [6.45, 7) is 6.09. The molecule has 0 bridgehead atoms. The van der Waals surface area contributed by atoms with Crippen LogP contribution in [0.1, 0.15) is 36.3 Å². The molecular weight excluding hydrogens is 470 g/mol. The molecule has 0 saturated carbocycles. The number of benzene rings is 1. The molecule has 11 heteroatoms. The highest BCUT2D eigenvalue weighted by atomic mass is 32.1. The van der Waals surface area contributed by atoms with Gasteiger partial charge in [0.1, 0.15) is 22.9 Å². The summed E-state index contributed by atoms with van der Waals surface area (Å²) in [4.78, 5) is 50.2. The van der Waals surface area contributed by atoms with Gasteiger partial charge in [0.05, 0.1) is 34.2 Å². The summed E-state index contributed by atoms with van der Waals surface area (Å²) >= 11 is 1.50. The molecule has 3 aromatic heterocycles. The van der Waals surface area contributed by atoms with Crippen molar-refractivity contribution in [2.45, 2.75) is 39.5 Å². The van der Waals surface area contributed by atoms with Crippen LogP contribution in [0.4, 0.5) is 0 Å². The monoisotopic (exact) mass is 497 g/mol. The molecule has 5 rings (SSSR count). The van der Waals surface area contributed by atoms with Crippen LogP contribution < -0.4 is 11.2 Å². The van der Waals surface area contributed by atoms with Gasteiger partial charge in [-0.05, 0) is 25.0 Å². The summed E-state index contributed by atoms with van der Waals surface area (Å²) in [6.07, 6.45) is 1.67. The predicted octanol–water partition coefficient (Wildman–Crippen LogP) is 1.95. The second kappa shape index (κ2) is 8.43. The Kier molecular flexibility index (Phi) is 5.65. The average molecular weight is 498 g/mol. The van der Waals surface area contributed by atoms with Gasteiger partial charge in [-0.3, -0.25) is 23.6 Å². The van der Waals surface area contributed by atoms with Crippen molar-refractivity contribution in [3.05, 3.63) is 62.0 Å². The lowest BCUT2D eigenvalue weighted by Gasteiger charge is -2.17. The van der Waals surface area contributed by atoms with Crippen LogP contribution in [0, 0.1) is 5.92 Å². The average Bonchev–Trinajstić information content (AvgIpc) is 3.49. The number of nitrogens with zero attached hydrogens (tertiary/aromatic N) is 5. The van der Waals surface area contributed by atoms with Crippen LogP contribution in [0.25, 0.3) is 21.1 Å². The smallest absolute Gasteiger partial charge is 0.331 e. The number of aliphatic hydroxyl groups is 1. The second-order valence-electron chi connectivity index (χ2n) is 9.70. The topological polar surface area (TPSA) is 112 Å². The molecule has 1 N–H and O–H groups in total. The second-order valence-corrected chi connectivity index (χ2v) is 10.8. The fraction of sp³-hybridized carbons (Fsp3) is 0.417. The molecule has 10 nitrogen and oxygen atoms in total. The van der Waals surface area contributed by atoms with E-state index in [1.807, 2.05) is 38.1 Å². The first-order valence-electron chi connectivity index (χ1n) is 11.4. The van der Waals surface area contributed by atoms with Crippen LogP contribution in [0.2, 0.25) is 0 Å². The van der Waals surface area contributed by atoms with Gasteiger partial charge in [-0.25, -0.2) is 14.8 Å². The molecule has 0 aliphatic carbocycles. The molecule has 1 fully saturated rings. The summed E-state index contributed by atoms with van der Waals surface area (Å²) in [7, 11) is 1.41. The maximum atomic E-state index is 13.7. The van der Waals surface area contributed by atoms with E-state index < -0.39 is 22.8 Å². The minimum Gasteiger partial charge on any atom is -0.386 e. The lowest BCUT2D eigenvalue weighted by molar-refractivity contribution is -0.0801. The third-order valence-corrected chi connectivity index (χ3v) is 7.04. The molecule has 1 atom stereocenters. The van der Waals surface area contributed by atoms with Gasteiger partial charge >= 0.3 is 5.69 Å². The number of amides is 1. The van der Waals surface area contributed by atoms with E-state index in [1.165, 1.54) is 23.0 Å². The Hall–Kier alpha value is -3.28. The minimum absolute atomic E-state index is 0.0361. The summed E-state index contributed by atoms with van der Waals surface area (Å²) in [6, 6.07) is 7.75. The van der Waals surface area contributed by atoms with E-state index >= 15 is 0 Å². The minimum atomic E-state index is -1.19. The summed E-state index contributed by atoms with van der Waals surface area (Å²) in [5.74, 6) is -0.414. The van der Waals surface area contributed by atoms with Crippen molar-refractivity contribution in [1.82, 2.24) is 23.7 Å². The Morgan fingerprint density at radius 2 is 2.03 bits per heavy atom. The number of hydrogen-bond donors (Lipinski definition) is 1. The van der Waals surface area contributed by atoms with Crippen LogP contribution in [0.15, 0.2) is 40.1 Å². The number of fused-ring (bicyclic) bond motifs is 2. The molecule has 1 amide bonds. The number of carbonyl (C=O) groups excluding carboxylic acids is 1. The number of hydrogen-bond acceptors (Lipinski definition) is 7. The first-order valence-corrected chi connectivity index (χ1v) is 12.2. The fourth-order valence-electron chi connectivity index (χ4n) is 4.39. The Labute approximate surface area is 204 Å². The van der Waals surface area contributed by atoms with Crippen LogP contribution in [0.5, 0.6) is 0 Å². The SMILES string of the molecule is CC(C)Cn1c(=O)n(C)c(=O)c2c(C(=O)N3C[C@](C)(O)CO3)n(Cc3nc4ccccc4s3)cc21. The van der Waals surface area contributed by atoms with Gasteiger partial charge in [0, 0.05) is 19.8 Å². The maximum Gasteiger partial charge on any atom is 0.331 e. The van der Waals surface area contributed by atoms with Crippen molar-refractivity contribution in [3.8, 4) is 0 Å². The first kappa shape index (κ1) is 23.5. The third kappa shape index (κ3) is 4.09. The summed E-state index contributed by atoms with van der Waals surface area (Å²) in [5, 5.41) is 12.3. The van der Waals surface area contributed by atoms with Crippen LogP contribution >= 0.6 is 11.3 Å². The van der Waals surface area contributed by atoms with E-state index in [9.17, 15) is 19.5 Å². The zero-order valence-corrected chi connectivity index (χ0v) is 20.8. The number of hydroxylamine groups is 2. The van der Waals surface area contributed by atoms with E-state index in [-0.39, 0.29) is 36.7 Å². The van der Waals surface area contributed by atoms with Gasteiger partial charge in [0.15, 0.2) is 0 Å². The Morgan fingerprint density at radius 3 is 2.69 bits per heavy atom. The fourth-order valence-corrected chi connectivity index (χ4v) is 5.36. The molecule has 1 aliphatic heterocycles. The van der Waals surface area contributed by atoms with Gasteiger partial charge in [-0.1, -0.05) is 26.0 Å². The number of para-hydroxylation sites is 1. The number of aromatic nitrogens is 4. The molecule has 0 spiro atoms. The third-order valence-electron chi connectivity index (χ3n) is 6.02. The Morgan fingerprint density at radius 1 is 1.29 bits per heavy atom. The van der Waals surface area contributed by atoms with E-state index in [0.29, 0.717) is 12.1 Å². The molecule has 35 heavy (non-hydrogen) atoms. The van der Waals surface area contributed by atoms with Gasteiger partial charge in [-0.15, -0.1) is 11.3 Å². The van der Waals surface area contributed by atoms with Crippen molar-refractivity contribution < 1.29 is 14.7 Å². The van der Waals surface area contributed by atoms with Crippen molar-refractivity contribution >= 4 is 38.4 Å². The number of rotatable bonds is 5. The molecule has 1 aromatic carbocycles. The number of thiazole rings is 1. The molecule has 0 radical (unpaired) electrons. The van der Waals surface area contributed by atoms with E-state index in [2.05, 4.69) is 4.98 Å². The van der Waals surface area contributed by atoms with Crippen LogP contribution in [-0.4, -0.2) is 53.5 Å². The molecule has 1 aliphatic rings. The highest BCUT2D eigenvalue weighted by molar-refractivity contribution is 7.18. The standard InChI is InChI=1S/C24H27N5O5S/c1-14(2)9-28-16-10-27(11-18-25-15-7-5-6-8-17(15)35-18)20(19(16)21(30)26(4)23(28)32)22(31)29-12-24(3,33)13-34-29/h5-8,10,14,33H,9,11-13H2,1-4H3/t24-/m0/s1. The lowest BCUT2D eigenvalue weighted by atomic mass is 10.1. The van der Waals surface area contributed by atoms with Gasteiger partial charge < -0.3 is 9.67 Å². The normalized spacial score (nSPS) is 18.4. The zero-order valence-electron chi connectivity index (χ0n) is 20.0. The number of carbonyl (C=O) groups is 1. The Bertz CT molecular complexity index is 1540. The highest BCUT2D eigenvalue weighted by Gasteiger charge is 2.38. The predicted molar refractivity (Wildman–Crippen MR) is 133 cm³/mol. The van der Waals surface area contributed by atoms with Crippen molar-refractivity contribution in [2.75, 3.05) is 13.2 Å². The van der Waals surface area contributed by atoms with Crippen molar-refractivity contribution in [1.29, 1.82) is 0 Å². The van der Waals surface area contributed by atoms with Crippen LogP contribution in [-0.2, 0) is 25.0 Å². The van der Waals surface area contributed by atoms with E-state index in [0.717, 1.165) is 24.9 Å². The van der Waals surface area contributed by atoms with E-state index in [1.54, 1.807) is 17.7 Å². The quantitative estimate of drug-likeness (QED) is 0.451. The molecule has 4 aromatic rings. The largest absolute Gasteiger partial charge is 0.386 e. The summed E-state index contributed by atoms with van der Waals surface area (Å²) < 4.78 is 5.25. The molecule has 184 valence electrons. The lowest BCUT2D eigenvalue weighted by Crippen LogP contribution is -2.40. The van der Waals surface area contributed by atoms with Crippen molar-refractivity contribution in [3.63, 3.8) is 0 Å². The van der Waals surface area contributed by atoms with Gasteiger partial charge in [0.2, 0.25) is 0 Å². The Balaban J connectivity index is 1.73. The molecule has 0 unspecified atom stereocenters.